The summed E-state index contributed by atoms with van der Waals surface area (Å²) in [4.78, 5) is 39.7. The maximum absolute atomic E-state index is 13.8. The molecule has 2 bridgehead atoms. The quantitative estimate of drug-likeness (QED) is 0.629. The van der Waals surface area contributed by atoms with Crippen molar-refractivity contribution in [2.45, 2.75) is 12.6 Å². The summed E-state index contributed by atoms with van der Waals surface area (Å²) < 4.78 is 45.0. The average Bonchev–Trinajstić information content (AvgIpc) is 2.93. The number of nitrogens with one attached hydrogen (secondary N) is 1. The van der Waals surface area contributed by atoms with Gasteiger partial charge in [-0.2, -0.15) is 9.35 Å². The molecule has 4 rings (SSSR count). The molecular formula is C20H20F2N4O6S. The van der Waals surface area contributed by atoms with Crippen LogP contribution in [0.5, 0.6) is 5.75 Å². The highest BCUT2D eigenvalue weighted by molar-refractivity contribution is 7.79. The molecule has 1 saturated heterocycles. The monoisotopic (exact) mass is 482 g/mol. The van der Waals surface area contributed by atoms with E-state index in [-0.39, 0.29) is 44.0 Å². The van der Waals surface area contributed by atoms with E-state index in [9.17, 15) is 32.5 Å². The van der Waals surface area contributed by atoms with Crippen molar-refractivity contribution in [1.82, 2.24) is 19.8 Å². The van der Waals surface area contributed by atoms with E-state index >= 15 is 0 Å². The molecule has 2 unspecified atom stereocenters. The predicted molar refractivity (Wildman–Crippen MR) is 112 cm³/mol. The zero-order valence-electron chi connectivity index (χ0n) is 17.4. The summed E-state index contributed by atoms with van der Waals surface area (Å²) >= 11 is -1.59. The van der Waals surface area contributed by atoms with Crippen LogP contribution in [0.25, 0.3) is 0 Å². The molecule has 13 heteroatoms. The van der Waals surface area contributed by atoms with Crippen molar-refractivity contribution in [2.75, 3.05) is 32.4 Å². The SMILES string of the molecule is CS(=O)ON1CCN2CC(C1)n1cc(C(=O)NCc3ccc(F)cc3F)c(=O)c(O)c1C2=O. The molecule has 33 heavy (non-hydrogen) atoms. The Hall–Kier alpha value is -3.16. The molecule has 0 spiro atoms. The molecular weight excluding hydrogens is 462 g/mol. The number of pyridine rings is 1. The van der Waals surface area contributed by atoms with Gasteiger partial charge in [0.15, 0.2) is 22.5 Å². The number of benzene rings is 1. The number of aromatic nitrogens is 1. The molecule has 10 nitrogen and oxygen atoms in total. The molecule has 176 valence electrons. The Kier molecular flexibility index (Phi) is 6.28. The third-order valence-electron chi connectivity index (χ3n) is 5.47. The number of fused-ring (bicyclic) bond motifs is 4. The second-order valence-electron chi connectivity index (χ2n) is 7.66. The van der Waals surface area contributed by atoms with Gasteiger partial charge in [-0.3, -0.25) is 14.4 Å². The van der Waals surface area contributed by atoms with E-state index in [2.05, 4.69) is 5.32 Å². The number of amides is 2. The fraction of sp³-hybridized carbons (Fsp3) is 0.350. The van der Waals surface area contributed by atoms with Gasteiger partial charge in [-0.1, -0.05) is 6.07 Å². The lowest BCUT2D eigenvalue weighted by Crippen LogP contribution is -2.45. The van der Waals surface area contributed by atoms with Crippen LogP contribution in [0.4, 0.5) is 8.78 Å². The first kappa shape index (κ1) is 23.0. The number of nitrogens with zero attached hydrogens (tertiary/aromatic N) is 3. The molecule has 1 aromatic heterocycles. The lowest BCUT2D eigenvalue weighted by atomic mass is 10.1. The summed E-state index contributed by atoms with van der Waals surface area (Å²) in [5.74, 6) is -3.99. The number of halogens is 2. The van der Waals surface area contributed by atoms with Gasteiger partial charge < -0.3 is 19.9 Å². The molecule has 2 aromatic rings. The molecule has 1 fully saturated rings. The maximum Gasteiger partial charge on any atom is 0.274 e. The van der Waals surface area contributed by atoms with Gasteiger partial charge in [0.25, 0.3) is 11.8 Å². The van der Waals surface area contributed by atoms with Crippen LogP contribution in [-0.2, 0) is 21.9 Å². The van der Waals surface area contributed by atoms with Crippen molar-refractivity contribution in [3.05, 3.63) is 63.1 Å². The normalized spacial score (nSPS) is 19.1. The Morgan fingerprint density at radius 2 is 2.03 bits per heavy atom. The Morgan fingerprint density at radius 3 is 2.73 bits per heavy atom. The maximum atomic E-state index is 13.8. The van der Waals surface area contributed by atoms with Gasteiger partial charge in [0, 0.05) is 56.8 Å². The van der Waals surface area contributed by atoms with Crippen LogP contribution < -0.4 is 10.7 Å². The van der Waals surface area contributed by atoms with Gasteiger partial charge in [-0.05, 0) is 6.07 Å². The van der Waals surface area contributed by atoms with Crippen LogP contribution in [0.15, 0.2) is 29.2 Å². The van der Waals surface area contributed by atoms with Gasteiger partial charge in [-0.15, -0.1) is 0 Å². The van der Waals surface area contributed by atoms with Crippen molar-refractivity contribution < 1.29 is 32.0 Å². The van der Waals surface area contributed by atoms with Crippen LogP contribution in [0, 0.1) is 11.6 Å². The van der Waals surface area contributed by atoms with Crippen molar-refractivity contribution in [2.24, 2.45) is 0 Å². The van der Waals surface area contributed by atoms with Gasteiger partial charge in [0.2, 0.25) is 5.43 Å². The van der Waals surface area contributed by atoms with E-state index in [4.69, 9.17) is 4.28 Å². The standard InChI is InChI=1S/C20H20F2N4O6S/c1-33(31)32-25-5-4-24-8-13(9-25)26-10-14(17(27)18(28)16(26)20(24)30)19(29)23-7-11-2-3-12(21)6-15(11)22/h2-3,6,10,13,28H,4-5,7-9H2,1H3,(H,23,29). The molecule has 0 aliphatic carbocycles. The summed E-state index contributed by atoms with van der Waals surface area (Å²) in [6.07, 6.45) is 2.52. The average molecular weight is 482 g/mol. The summed E-state index contributed by atoms with van der Waals surface area (Å²) in [7, 11) is 0. The van der Waals surface area contributed by atoms with Gasteiger partial charge in [-0.25, -0.2) is 13.0 Å². The highest BCUT2D eigenvalue weighted by atomic mass is 32.2. The minimum absolute atomic E-state index is 0.00183. The summed E-state index contributed by atoms with van der Waals surface area (Å²) in [6.45, 7) is 0.573. The molecule has 0 radical (unpaired) electrons. The van der Waals surface area contributed by atoms with E-state index in [0.29, 0.717) is 6.07 Å². The van der Waals surface area contributed by atoms with Crippen molar-refractivity contribution >= 4 is 22.9 Å². The minimum Gasteiger partial charge on any atom is -0.503 e. The number of aromatic hydroxyl groups is 1. The van der Waals surface area contributed by atoms with E-state index in [1.54, 1.807) is 0 Å². The smallest absolute Gasteiger partial charge is 0.274 e. The highest BCUT2D eigenvalue weighted by Crippen LogP contribution is 2.29. The molecule has 0 saturated carbocycles. The van der Waals surface area contributed by atoms with Gasteiger partial charge >= 0.3 is 0 Å². The molecule has 1 aromatic carbocycles. The zero-order valence-corrected chi connectivity index (χ0v) is 18.2. The first-order valence-electron chi connectivity index (χ1n) is 9.92. The molecule has 2 N–H and O–H groups in total. The number of carbonyl (C=O) groups excluding carboxylic acids is 2. The van der Waals surface area contributed by atoms with Gasteiger partial charge in [0.05, 0.1) is 6.04 Å². The molecule has 2 aliphatic rings. The first-order chi connectivity index (χ1) is 15.7. The van der Waals surface area contributed by atoms with Crippen molar-refractivity contribution in [3.63, 3.8) is 0 Å². The molecule has 2 amide bonds. The number of hydrogen-bond acceptors (Lipinski definition) is 7. The largest absolute Gasteiger partial charge is 0.503 e. The number of rotatable bonds is 5. The summed E-state index contributed by atoms with van der Waals surface area (Å²) in [5.41, 5.74) is -1.75. The first-order valence-corrected chi connectivity index (χ1v) is 11.4. The van der Waals surface area contributed by atoms with Crippen LogP contribution in [0.1, 0.15) is 32.5 Å². The summed E-state index contributed by atoms with van der Waals surface area (Å²) in [6, 6.07) is 2.36. The predicted octanol–water partition coefficient (Wildman–Crippen LogP) is 0.300. The van der Waals surface area contributed by atoms with E-state index in [1.165, 1.54) is 27.0 Å². The number of hydrogen-bond donors (Lipinski definition) is 2. The van der Waals surface area contributed by atoms with Crippen molar-refractivity contribution in [3.8, 4) is 5.75 Å². The third-order valence-corrected chi connectivity index (χ3v) is 5.89. The Morgan fingerprint density at radius 1 is 1.27 bits per heavy atom. The van der Waals surface area contributed by atoms with Crippen molar-refractivity contribution in [1.29, 1.82) is 0 Å². The second kappa shape index (κ2) is 9.00. The van der Waals surface area contributed by atoms with Crippen LogP contribution in [-0.4, -0.2) is 68.1 Å². The summed E-state index contributed by atoms with van der Waals surface area (Å²) in [5, 5.41) is 14.3. The van der Waals surface area contributed by atoms with E-state index in [0.717, 1.165) is 12.1 Å². The van der Waals surface area contributed by atoms with Crippen LogP contribution in [0.3, 0.4) is 0 Å². The molecule has 3 heterocycles. The zero-order chi connectivity index (χ0) is 23.9. The Labute approximate surface area is 189 Å². The lowest BCUT2D eigenvalue weighted by Gasteiger charge is -2.34. The number of carbonyl (C=O) groups is 2. The fourth-order valence-electron chi connectivity index (χ4n) is 3.91. The second-order valence-corrected chi connectivity index (χ2v) is 8.62. The lowest BCUT2D eigenvalue weighted by molar-refractivity contribution is -0.0461. The van der Waals surface area contributed by atoms with Crippen LogP contribution >= 0.6 is 0 Å². The molecule has 2 aliphatic heterocycles. The Balaban J connectivity index is 1.65. The topological polar surface area (TPSA) is 121 Å². The Bertz CT molecular complexity index is 1220. The van der Waals surface area contributed by atoms with Crippen LogP contribution in [0.2, 0.25) is 0 Å². The van der Waals surface area contributed by atoms with Gasteiger partial charge in [0.1, 0.15) is 17.2 Å². The van der Waals surface area contributed by atoms with E-state index in [1.807, 2.05) is 0 Å². The third kappa shape index (κ3) is 4.51. The minimum atomic E-state index is -1.59. The number of hydroxylamine groups is 2. The molecule has 2 atom stereocenters. The van der Waals surface area contributed by atoms with E-state index < -0.39 is 57.3 Å². The highest BCUT2D eigenvalue weighted by Gasteiger charge is 2.38. The fourth-order valence-corrected chi connectivity index (χ4v) is 4.34.